The fourth-order valence-electron chi connectivity index (χ4n) is 2.27. The number of aryl methyl sites for hydroxylation is 2. The van der Waals surface area contributed by atoms with Crippen molar-refractivity contribution < 1.29 is 4.74 Å². The maximum absolute atomic E-state index is 12.2. The van der Waals surface area contributed by atoms with Crippen LogP contribution in [0.25, 0.3) is 0 Å². The van der Waals surface area contributed by atoms with Crippen LogP contribution in [0.3, 0.4) is 0 Å². The average molecular weight is 282 g/mol. The maximum Gasteiger partial charge on any atom is 0.268 e. The normalized spacial score (nSPS) is 10.1. The summed E-state index contributed by atoms with van der Waals surface area (Å²) in [5.74, 6) is 0.822. The molecule has 1 aromatic heterocycles. The van der Waals surface area contributed by atoms with Gasteiger partial charge in [-0.05, 0) is 44.0 Å². The summed E-state index contributed by atoms with van der Waals surface area (Å²) in [5.41, 5.74) is 1.62. The third-order valence-electron chi connectivity index (χ3n) is 3.35. The second kappa shape index (κ2) is 6.76. The lowest BCUT2D eigenvalue weighted by Crippen LogP contribution is -2.26. The molecule has 0 aliphatic heterocycles. The summed E-state index contributed by atoms with van der Waals surface area (Å²) in [6.45, 7) is 4.75. The largest absolute Gasteiger partial charge is 0.494 e. The molecule has 0 fully saturated rings. The molecule has 0 N–H and O–H groups in total. The van der Waals surface area contributed by atoms with E-state index in [2.05, 4.69) is 0 Å². The van der Waals surface area contributed by atoms with Crippen LogP contribution in [-0.4, -0.2) is 11.2 Å². The van der Waals surface area contributed by atoms with Crippen molar-refractivity contribution in [3.63, 3.8) is 0 Å². The number of benzene rings is 1. The van der Waals surface area contributed by atoms with Gasteiger partial charge in [0.15, 0.2) is 0 Å². The summed E-state index contributed by atoms with van der Waals surface area (Å²) in [4.78, 5) is 12.2. The molecule has 0 aliphatic rings. The summed E-state index contributed by atoms with van der Waals surface area (Å²) in [7, 11) is 0. The fraction of sp³-hybridized carbons (Fsp3) is 0.294. The van der Waals surface area contributed by atoms with Gasteiger partial charge in [0.25, 0.3) is 5.56 Å². The summed E-state index contributed by atoms with van der Waals surface area (Å²) in [5, 5.41) is 9.05. The zero-order valence-electron chi connectivity index (χ0n) is 12.3. The standard InChI is InChI=1S/C17H18N2O2/c1-13-11-14(2)19(17(20)16(13)12-18)9-6-10-21-15-7-4-3-5-8-15/h3-5,7-8,11H,6,9-10H2,1-2H3. The van der Waals surface area contributed by atoms with Crippen molar-refractivity contribution in [3.8, 4) is 11.8 Å². The Labute approximate surface area is 124 Å². The van der Waals surface area contributed by atoms with Crippen molar-refractivity contribution in [3.05, 3.63) is 63.6 Å². The van der Waals surface area contributed by atoms with Gasteiger partial charge in [0.2, 0.25) is 0 Å². The van der Waals surface area contributed by atoms with Gasteiger partial charge in [0.05, 0.1) is 6.61 Å². The van der Waals surface area contributed by atoms with E-state index in [1.54, 1.807) is 11.5 Å². The van der Waals surface area contributed by atoms with Gasteiger partial charge in [-0.3, -0.25) is 4.79 Å². The summed E-state index contributed by atoms with van der Waals surface area (Å²) >= 11 is 0. The minimum Gasteiger partial charge on any atom is -0.494 e. The van der Waals surface area contributed by atoms with Crippen molar-refractivity contribution in [1.82, 2.24) is 4.57 Å². The first kappa shape index (κ1) is 14.9. The van der Waals surface area contributed by atoms with Crippen molar-refractivity contribution >= 4 is 0 Å². The molecule has 0 aliphatic carbocycles. The predicted octanol–water partition coefficient (Wildman–Crippen LogP) is 2.81. The maximum atomic E-state index is 12.2. The van der Waals surface area contributed by atoms with Gasteiger partial charge in [-0.1, -0.05) is 18.2 Å². The number of rotatable bonds is 5. The quantitative estimate of drug-likeness (QED) is 0.792. The van der Waals surface area contributed by atoms with E-state index in [0.29, 0.717) is 19.6 Å². The van der Waals surface area contributed by atoms with Crippen LogP contribution in [0.1, 0.15) is 23.2 Å². The first-order valence-electron chi connectivity index (χ1n) is 6.92. The molecule has 2 rings (SSSR count). The highest BCUT2D eigenvalue weighted by Gasteiger charge is 2.09. The van der Waals surface area contributed by atoms with Crippen LogP contribution in [0.5, 0.6) is 5.75 Å². The molecule has 0 amide bonds. The number of nitrogens with zero attached hydrogens (tertiary/aromatic N) is 2. The lowest BCUT2D eigenvalue weighted by Gasteiger charge is -2.12. The van der Waals surface area contributed by atoms with Gasteiger partial charge < -0.3 is 9.30 Å². The Morgan fingerprint density at radius 3 is 2.62 bits per heavy atom. The van der Waals surface area contributed by atoms with Crippen LogP contribution in [0.4, 0.5) is 0 Å². The first-order chi connectivity index (χ1) is 10.1. The molecule has 0 atom stereocenters. The number of nitriles is 1. The second-order valence-electron chi connectivity index (χ2n) is 4.93. The van der Waals surface area contributed by atoms with Gasteiger partial charge in [-0.2, -0.15) is 5.26 Å². The third-order valence-corrected chi connectivity index (χ3v) is 3.35. The first-order valence-corrected chi connectivity index (χ1v) is 6.92. The van der Waals surface area contributed by atoms with E-state index in [1.807, 2.05) is 49.4 Å². The van der Waals surface area contributed by atoms with E-state index in [4.69, 9.17) is 10.00 Å². The second-order valence-corrected chi connectivity index (χ2v) is 4.93. The summed E-state index contributed by atoms with van der Waals surface area (Å²) in [6, 6.07) is 13.4. The van der Waals surface area contributed by atoms with Crippen molar-refractivity contribution in [2.45, 2.75) is 26.8 Å². The zero-order valence-corrected chi connectivity index (χ0v) is 12.3. The molecule has 4 nitrogen and oxygen atoms in total. The Balaban J connectivity index is 2.01. The minimum absolute atomic E-state index is 0.213. The Hall–Kier alpha value is -2.54. The van der Waals surface area contributed by atoms with Crippen LogP contribution in [0.2, 0.25) is 0 Å². The zero-order chi connectivity index (χ0) is 15.2. The van der Waals surface area contributed by atoms with Crippen molar-refractivity contribution in [2.75, 3.05) is 6.61 Å². The number of para-hydroxylation sites is 1. The van der Waals surface area contributed by atoms with Gasteiger partial charge in [-0.25, -0.2) is 0 Å². The number of hydrogen-bond donors (Lipinski definition) is 0. The van der Waals surface area contributed by atoms with Crippen molar-refractivity contribution in [1.29, 1.82) is 5.26 Å². The number of ether oxygens (including phenoxy) is 1. The summed E-state index contributed by atoms with van der Waals surface area (Å²) < 4.78 is 7.25. The molecule has 0 spiro atoms. The number of aromatic nitrogens is 1. The van der Waals surface area contributed by atoms with Crippen LogP contribution < -0.4 is 10.3 Å². The molecular weight excluding hydrogens is 264 g/mol. The Bertz CT molecular complexity index is 712. The smallest absolute Gasteiger partial charge is 0.268 e. The van der Waals surface area contributed by atoms with Gasteiger partial charge in [0.1, 0.15) is 17.4 Å². The molecule has 1 aromatic carbocycles. The molecule has 0 radical (unpaired) electrons. The molecule has 0 saturated carbocycles. The highest BCUT2D eigenvalue weighted by Crippen LogP contribution is 2.09. The average Bonchev–Trinajstić information content (AvgIpc) is 2.47. The van der Waals surface area contributed by atoms with E-state index in [-0.39, 0.29) is 11.1 Å². The Kier molecular flexibility index (Phi) is 4.78. The van der Waals surface area contributed by atoms with Gasteiger partial charge in [0, 0.05) is 12.2 Å². The van der Waals surface area contributed by atoms with Crippen molar-refractivity contribution in [2.24, 2.45) is 0 Å². The Morgan fingerprint density at radius 1 is 1.24 bits per heavy atom. The van der Waals surface area contributed by atoms with E-state index in [0.717, 1.165) is 17.0 Å². The third kappa shape index (κ3) is 3.51. The monoisotopic (exact) mass is 282 g/mol. The molecule has 0 unspecified atom stereocenters. The topological polar surface area (TPSA) is 55.0 Å². The van der Waals surface area contributed by atoms with Gasteiger partial charge >= 0.3 is 0 Å². The fourth-order valence-corrected chi connectivity index (χ4v) is 2.27. The highest BCUT2D eigenvalue weighted by atomic mass is 16.5. The van der Waals surface area contributed by atoms with E-state index < -0.39 is 0 Å². The van der Waals surface area contributed by atoms with Gasteiger partial charge in [-0.15, -0.1) is 0 Å². The molecule has 1 heterocycles. The van der Waals surface area contributed by atoms with Crippen LogP contribution in [-0.2, 0) is 6.54 Å². The van der Waals surface area contributed by atoms with E-state index in [9.17, 15) is 4.79 Å². The molecule has 0 saturated heterocycles. The molecule has 2 aromatic rings. The van der Waals surface area contributed by atoms with Crippen LogP contribution in [0.15, 0.2) is 41.2 Å². The molecule has 4 heteroatoms. The number of hydrogen-bond acceptors (Lipinski definition) is 3. The molecule has 108 valence electrons. The lowest BCUT2D eigenvalue weighted by molar-refractivity contribution is 0.300. The predicted molar refractivity (Wildman–Crippen MR) is 81.4 cm³/mol. The molecular formula is C17H18N2O2. The Morgan fingerprint density at radius 2 is 1.95 bits per heavy atom. The van der Waals surface area contributed by atoms with E-state index >= 15 is 0 Å². The molecule has 21 heavy (non-hydrogen) atoms. The lowest BCUT2D eigenvalue weighted by atomic mass is 10.1. The minimum atomic E-state index is -0.213. The van der Waals surface area contributed by atoms with Crippen LogP contribution in [0, 0.1) is 25.2 Å². The summed E-state index contributed by atoms with van der Waals surface area (Å²) in [6.07, 6.45) is 0.712. The highest BCUT2D eigenvalue weighted by molar-refractivity contribution is 5.36. The number of pyridine rings is 1. The van der Waals surface area contributed by atoms with Crippen LogP contribution >= 0.6 is 0 Å². The SMILES string of the molecule is Cc1cc(C)n(CCCOc2ccccc2)c(=O)c1C#N. The van der Waals surface area contributed by atoms with E-state index in [1.165, 1.54) is 0 Å². The molecule has 0 bridgehead atoms.